The quantitative estimate of drug-likeness (QED) is 0.439. The van der Waals surface area contributed by atoms with Crippen LogP contribution >= 0.6 is 24.0 Å². The molecule has 1 aromatic carbocycles. The lowest BCUT2D eigenvalue weighted by Crippen LogP contribution is -2.25. The summed E-state index contributed by atoms with van der Waals surface area (Å²) >= 11 is 0. The number of pyridine rings is 1. The Morgan fingerprint density at radius 2 is 1.91 bits per heavy atom. The predicted octanol–water partition coefficient (Wildman–Crippen LogP) is 2.98. The summed E-state index contributed by atoms with van der Waals surface area (Å²) < 4.78 is 1.65. The molecule has 3 N–H and O–H groups in total. The Labute approximate surface area is 153 Å². The number of nitrogens with two attached hydrogens (primary N) is 1. The number of guanidine groups is 1. The number of benzene rings is 1. The molecule has 0 aliphatic carbocycles. The van der Waals surface area contributed by atoms with E-state index in [1.165, 1.54) is 5.56 Å². The van der Waals surface area contributed by atoms with E-state index in [4.69, 9.17) is 5.73 Å². The highest BCUT2D eigenvalue weighted by Gasteiger charge is 2.02. The SMILES string of the molecule is CCc1ccc(NC(N)=NCc2cccn(CC)c2=O)cc1.I. The summed E-state index contributed by atoms with van der Waals surface area (Å²) in [6.45, 7) is 4.96. The van der Waals surface area contributed by atoms with Crippen molar-refractivity contribution in [3.63, 3.8) is 0 Å². The lowest BCUT2D eigenvalue weighted by Gasteiger charge is -2.07. The number of aryl methyl sites for hydroxylation is 2. The van der Waals surface area contributed by atoms with E-state index < -0.39 is 0 Å². The minimum atomic E-state index is -0.0196. The van der Waals surface area contributed by atoms with Crippen molar-refractivity contribution in [3.8, 4) is 0 Å². The van der Waals surface area contributed by atoms with Crippen LogP contribution in [-0.4, -0.2) is 10.5 Å². The van der Waals surface area contributed by atoms with Crippen LogP contribution in [0.2, 0.25) is 0 Å². The average molecular weight is 426 g/mol. The van der Waals surface area contributed by atoms with Crippen molar-refractivity contribution < 1.29 is 0 Å². The standard InChI is InChI=1S/C17H22N4O.HI/c1-3-13-7-9-15(10-8-13)20-17(18)19-12-14-6-5-11-21(4-2)16(14)22;/h5-11H,3-4,12H2,1-2H3,(H3,18,19,20);1H. The van der Waals surface area contributed by atoms with Crippen LogP contribution in [0.15, 0.2) is 52.4 Å². The van der Waals surface area contributed by atoms with Crippen molar-refractivity contribution in [3.05, 3.63) is 64.1 Å². The van der Waals surface area contributed by atoms with Gasteiger partial charge in [0, 0.05) is 24.0 Å². The molecular weight excluding hydrogens is 403 g/mol. The summed E-state index contributed by atoms with van der Waals surface area (Å²) in [7, 11) is 0. The Morgan fingerprint density at radius 3 is 2.52 bits per heavy atom. The van der Waals surface area contributed by atoms with Crippen molar-refractivity contribution >= 4 is 35.6 Å². The fourth-order valence-electron chi connectivity index (χ4n) is 2.14. The van der Waals surface area contributed by atoms with Gasteiger partial charge in [0.2, 0.25) is 0 Å². The molecule has 0 fully saturated rings. The lowest BCUT2D eigenvalue weighted by atomic mass is 10.1. The molecule has 2 aromatic rings. The second kappa shape index (κ2) is 9.34. The van der Waals surface area contributed by atoms with Gasteiger partial charge in [0.25, 0.3) is 5.56 Å². The predicted molar refractivity (Wildman–Crippen MR) is 107 cm³/mol. The average Bonchev–Trinajstić information content (AvgIpc) is 2.54. The van der Waals surface area contributed by atoms with E-state index in [2.05, 4.69) is 17.2 Å². The first-order valence-electron chi connectivity index (χ1n) is 7.48. The number of aromatic nitrogens is 1. The van der Waals surface area contributed by atoms with Gasteiger partial charge in [-0.15, -0.1) is 24.0 Å². The highest BCUT2D eigenvalue weighted by Crippen LogP contribution is 2.09. The smallest absolute Gasteiger partial charge is 0.255 e. The molecule has 0 spiro atoms. The van der Waals surface area contributed by atoms with E-state index in [1.54, 1.807) is 16.8 Å². The minimum Gasteiger partial charge on any atom is -0.370 e. The number of hydrogen-bond donors (Lipinski definition) is 2. The van der Waals surface area contributed by atoms with E-state index >= 15 is 0 Å². The van der Waals surface area contributed by atoms with Crippen LogP contribution in [0.5, 0.6) is 0 Å². The van der Waals surface area contributed by atoms with Crippen molar-refractivity contribution in [2.75, 3.05) is 5.32 Å². The number of nitrogens with one attached hydrogen (secondary N) is 1. The van der Waals surface area contributed by atoms with Gasteiger partial charge in [-0.2, -0.15) is 0 Å². The molecule has 2 rings (SSSR count). The van der Waals surface area contributed by atoms with Gasteiger partial charge in [0.05, 0.1) is 6.54 Å². The Hall–Kier alpha value is -1.83. The summed E-state index contributed by atoms with van der Waals surface area (Å²) in [5.74, 6) is 0.301. The number of nitrogens with zero attached hydrogens (tertiary/aromatic N) is 2. The van der Waals surface area contributed by atoms with Crippen molar-refractivity contribution in [2.24, 2.45) is 10.7 Å². The monoisotopic (exact) mass is 426 g/mol. The Bertz CT molecular complexity index is 707. The number of anilines is 1. The zero-order valence-corrected chi connectivity index (χ0v) is 15.8. The third-order valence-electron chi connectivity index (χ3n) is 3.49. The van der Waals surface area contributed by atoms with Crippen LogP contribution in [-0.2, 0) is 19.5 Å². The maximum Gasteiger partial charge on any atom is 0.255 e. The highest BCUT2D eigenvalue weighted by atomic mass is 127. The first-order chi connectivity index (χ1) is 10.6. The van der Waals surface area contributed by atoms with Gasteiger partial charge >= 0.3 is 0 Å². The molecular formula is C17H23IN4O. The maximum absolute atomic E-state index is 12.1. The normalized spacial score (nSPS) is 11.0. The van der Waals surface area contributed by atoms with Gasteiger partial charge in [0.1, 0.15) is 0 Å². The molecule has 1 heterocycles. The van der Waals surface area contributed by atoms with Gasteiger partial charge in [0.15, 0.2) is 5.96 Å². The van der Waals surface area contributed by atoms with Crippen molar-refractivity contribution in [2.45, 2.75) is 33.4 Å². The third kappa shape index (κ3) is 5.38. The van der Waals surface area contributed by atoms with Gasteiger partial charge in [-0.05, 0) is 37.1 Å². The minimum absolute atomic E-state index is 0. The van der Waals surface area contributed by atoms with Gasteiger partial charge < -0.3 is 15.6 Å². The molecule has 0 saturated carbocycles. The van der Waals surface area contributed by atoms with Crippen molar-refractivity contribution in [1.29, 1.82) is 0 Å². The fraction of sp³-hybridized carbons (Fsp3) is 0.294. The molecule has 0 unspecified atom stereocenters. The zero-order valence-electron chi connectivity index (χ0n) is 13.5. The molecule has 0 atom stereocenters. The molecule has 1 aromatic heterocycles. The van der Waals surface area contributed by atoms with Gasteiger partial charge in [-0.1, -0.05) is 25.1 Å². The maximum atomic E-state index is 12.1. The summed E-state index contributed by atoms with van der Waals surface area (Å²) in [5.41, 5.74) is 8.65. The molecule has 0 radical (unpaired) electrons. The van der Waals surface area contributed by atoms with Crippen LogP contribution in [0.3, 0.4) is 0 Å². The van der Waals surface area contributed by atoms with Crippen LogP contribution in [0.1, 0.15) is 25.0 Å². The Kier molecular flexibility index (Phi) is 7.80. The van der Waals surface area contributed by atoms with Crippen LogP contribution < -0.4 is 16.6 Å². The van der Waals surface area contributed by atoms with Gasteiger partial charge in [-0.25, -0.2) is 4.99 Å². The summed E-state index contributed by atoms with van der Waals surface area (Å²) in [6.07, 6.45) is 2.77. The number of aliphatic imine (C=N–C) groups is 1. The molecule has 124 valence electrons. The highest BCUT2D eigenvalue weighted by molar-refractivity contribution is 14.0. The van der Waals surface area contributed by atoms with Gasteiger partial charge in [-0.3, -0.25) is 4.79 Å². The molecule has 0 aliphatic heterocycles. The zero-order chi connectivity index (χ0) is 15.9. The second-order valence-corrected chi connectivity index (χ2v) is 5.00. The Morgan fingerprint density at radius 1 is 1.22 bits per heavy atom. The van der Waals surface area contributed by atoms with Crippen molar-refractivity contribution in [1.82, 2.24) is 4.57 Å². The topological polar surface area (TPSA) is 72.4 Å². The summed E-state index contributed by atoms with van der Waals surface area (Å²) in [4.78, 5) is 16.3. The van der Waals surface area contributed by atoms with Crippen LogP contribution in [0.4, 0.5) is 5.69 Å². The summed E-state index contributed by atoms with van der Waals surface area (Å²) in [6, 6.07) is 11.7. The van der Waals surface area contributed by atoms with E-state index in [1.807, 2.05) is 37.3 Å². The number of rotatable bonds is 5. The molecule has 0 aliphatic rings. The summed E-state index contributed by atoms with van der Waals surface area (Å²) in [5, 5.41) is 3.03. The second-order valence-electron chi connectivity index (χ2n) is 5.00. The van der Waals surface area contributed by atoms with E-state index in [0.717, 1.165) is 12.1 Å². The van der Waals surface area contributed by atoms with E-state index in [0.29, 0.717) is 18.1 Å². The molecule has 0 saturated heterocycles. The molecule has 5 nitrogen and oxygen atoms in total. The molecule has 6 heteroatoms. The van der Waals surface area contributed by atoms with Crippen LogP contribution in [0.25, 0.3) is 0 Å². The molecule has 0 bridgehead atoms. The number of halogens is 1. The largest absolute Gasteiger partial charge is 0.370 e. The van der Waals surface area contributed by atoms with E-state index in [9.17, 15) is 4.79 Å². The first kappa shape index (κ1) is 19.2. The number of hydrogen-bond acceptors (Lipinski definition) is 2. The Balaban J connectivity index is 0.00000264. The fourth-order valence-corrected chi connectivity index (χ4v) is 2.14. The lowest BCUT2D eigenvalue weighted by molar-refractivity contribution is 0.714. The third-order valence-corrected chi connectivity index (χ3v) is 3.49. The molecule has 0 amide bonds. The molecule has 23 heavy (non-hydrogen) atoms. The van der Waals surface area contributed by atoms with E-state index in [-0.39, 0.29) is 36.1 Å². The van der Waals surface area contributed by atoms with Crippen LogP contribution in [0, 0.1) is 0 Å². The first-order valence-corrected chi connectivity index (χ1v) is 7.48.